The minimum absolute atomic E-state index is 0.429. The number of hydrogen-bond donors (Lipinski definition) is 2. The highest BCUT2D eigenvalue weighted by molar-refractivity contribution is 7.71. The lowest BCUT2D eigenvalue weighted by Crippen LogP contribution is -1.96. The number of hydrogen-bond acceptors (Lipinski definition) is 4. The second-order valence-electron chi connectivity index (χ2n) is 5.66. The second-order valence-corrected chi connectivity index (χ2v) is 6.05. The molecule has 2 aromatic heterocycles. The first-order valence-corrected chi connectivity index (χ1v) is 8.68. The van der Waals surface area contributed by atoms with Gasteiger partial charge in [-0.3, -0.25) is 0 Å². The molecular formula is C19H17N5OS. The number of benzene rings is 2. The van der Waals surface area contributed by atoms with Gasteiger partial charge in [0.2, 0.25) is 4.77 Å². The molecule has 4 aromatic rings. The minimum atomic E-state index is 0.429. The molecule has 7 heteroatoms. The molecule has 2 heterocycles. The summed E-state index contributed by atoms with van der Waals surface area (Å²) in [6.07, 6.45) is 3.70. The number of ether oxygens (including phenoxy) is 1. The summed E-state index contributed by atoms with van der Waals surface area (Å²) in [5, 5.41) is 12.8. The fraction of sp³-hybridized carbons (Fsp3) is 0.105. The molecule has 0 amide bonds. The van der Waals surface area contributed by atoms with Gasteiger partial charge in [0, 0.05) is 28.2 Å². The maximum absolute atomic E-state index is 5.57. The van der Waals surface area contributed by atoms with Gasteiger partial charge in [-0.15, -0.1) is 0 Å². The van der Waals surface area contributed by atoms with E-state index in [9.17, 15) is 0 Å². The molecule has 2 aromatic carbocycles. The van der Waals surface area contributed by atoms with Crippen LogP contribution in [-0.2, 0) is 0 Å². The lowest BCUT2D eigenvalue weighted by atomic mass is 10.2. The smallest absolute Gasteiger partial charge is 0.216 e. The molecule has 4 rings (SSSR count). The molecule has 0 saturated carbocycles. The Morgan fingerprint density at radius 1 is 1.23 bits per heavy atom. The van der Waals surface area contributed by atoms with E-state index in [-0.39, 0.29) is 0 Å². The van der Waals surface area contributed by atoms with Crippen LogP contribution in [0.5, 0.6) is 5.75 Å². The van der Waals surface area contributed by atoms with Crippen LogP contribution in [-0.4, -0.2) is 32.7 Å². The van der Waals surface area contributed by atoms with Crippen molar-refractivity contribution in [1.29, 1.82) is 0 Å². The van der Waals surface area contributed by atoms with Gasteiger partial charge in [-0.2, -0.15) is 14.9 Å². The summed E-state index contributed by atoms with van der Waals surface area (Å²) >= 11 is 5.34. The molecule has 6 nitrogen and oxygen atoms in total. The predicted octanol–water partition coefficient (Wildman–Crippen LogP) is 4.37. The molecule has 0 fully saturated rings. The first-order chi connectivity index (χ1) is 12.8. The van der Waals surface area contributed by atoms with Crippen molar-refractivity contribution in [3.63, 3.8) is 0 Å². The van der Waals surface area contributed by atoms with Crippen molar-refractivity contribution in [2.75, 3.05) is 6.61 Å². The monoisotopic (exact) mass is 363 g/mol. The van der Waals surface area contributed by atoms with Gasteiger partial charge < -0.3 is 9.72 Å². The molecule has 0 saturated heterocycles. The highest BCUT2D eigenvalue weighted by atomic mass is 32.1. The minimum Gasteiger partial charge on any atom is -0.494 e. The van der Waals surface area contributed by atoms with Crippen LogP contribution < -0.4 is 4.74 Å². The largest absolute Gasteiger partial charge is 0.494 e. The van der Waals surface area contributed by atoms with Crippen LogP contribution in [0.3, 0.4) is 0 Å². The average Bonchev–Trinajstić information content (AvgIpc) is 3.24. The molecule has 130 valence electrons. The van der Waals surface area contributed by atoms with Crippen LogP contribution >= 0.6 is 12.2 Å². The molecule has 0 aliphatic rings. The SMILES string of the molecule is CCOc1cccc(-c2n[nH]c(=S)n2N=Cc2c[nH]c3ccccc23)c1. The topological polar surface area (TPSA) is 71.0 Å². The Morgan fingerprint density at radius 2 is 2.12 bits per heavy atom. The molecule has 0 aliphatic carbocycles. The normalized spacial score (nSPS) is 11.4. The first-order valence-electron chi connectivity index (χ1n) is 8.27. The van der Waals surface area contributed by atoms with Gasteiger partial charge in [-0.1, -0.05) is 30.3 Å². The highest BCUT2D eigenvalue weighted by Gasteiger charge is 2.09. The van der Waals surface area contributed by atoms with Gasteiger partial charge in [-0.05, 0) is 37.3 Å². The Bertz CT molecular complexity index is 1140. The van der Waals surface area contributed by atoms with E-state index in [2.05, 4.69) is 20.3 Å². The van der Waals surface area contributed by atoms with Crippen LogP contribution in [0.4, 0.5) is 0 Å². The summed E-state index contributed by atoms with van der Waals surface area (Å²) in [5.41, 5.74) is 2.92. The number of H-pyrrole nitrogens is 2. The van der Waals surface area contributed by atoms with Crippen LogP contribution in [0, 0.1) is 4.77 Å². The van der Waals surface area contributed by atoms with E-state index in [0.717, 1.165) is 27.8 Å². The molecule has 0 bridgehead atoms. The van der Waals surface area contributed by atoms with E-state index in [1.165, 1.54) is 0 Å². The average molecular weight is 363 g/mol. The van der Waals surface area contributed by atoms with Gasteiger partial charge in [0.05, 0.1) is 12.8 Å². The Morgan fingerprint density at radius 3 is 3.00 bits per heavy atom. The van der Waals surface area contributed by atoms with Gasteiger partial charge in [0.25, 0.3) is 0 Å². The zero-order chi connectivity index (χ0) is 17.9. The van der Waals surface area contributed by atoms with Crippen molar-refractivity contribution in [2.24, 2.45) is 5.10 Å². The lowest BCUT2D eigenvalue weighted by molar-refractivity contribution is 0.340. The van der Waals surface area contributed by atoms with E-state index in [4.69, 9.17) is 17.0 Å². The number of rotatable bonds is 5. The molecule has 0 aliphatic heterocycles. The lowest BCUT2D eigenvalue weighted by Gasteiger charge is -2.05. The van der Waals surface area contributed by atoms with Crippen LogP contribution in [0.1, 0.15) is 12.5 Å². The zero-order valence-corrected chi connectivity index (χ0v) is 15.0. The van der Waals surface area contributed by atoms with Gasteiger partial charge in [0.1, 0.15) is 5.75 Å². The van der Waals surface area contributed by atoms with Crippen LogP contribution in [0.2, 0.25) is 0 Å². The first kappa shape index (κ1) is 16.3. The fourth-order valence-corrected chi connectivity index (χ4v) is 2.98. The van der Waals surface area contributed by atoms with Crippen molar-refractivity contribution < 1.29 is 4.74 Å². The van der Waals surface area contributed by atoms with Gasteiger partial charge >= 0.3 is 0 Å². The third-order valence-electron chi connectivity index (χ3n) is 3.99. The third-order valence-corrected chi connectivity index (χ3v) is 4.25. The van der Waals surface area contributed by atoms with E-state index >= 15 is 0 Å². The third kappa shape index (κ3) is 3.04. The number of nitrogens with zero attached hydrogens (tertiary/aromatic N) is 3. The number of aromatic amines is 2. The van der Waals surface area contributed by atoms with E-state index in [1.54, 1.807) is 10.9 Å². The molecule has 0 unspecified atom stereocenters. The predicted molar refractivity (Wildman–Crippen MR) is 105 cm³/mol. The standard InChI is InChI=1S/C19H17N5OS/c1-2-25-15-7-5-6-13(10-15)18-22-23-19(26)24(18)21-12-14-11-20-17-9-4-3-8-16(14)17/h3-12,20H,2H2,1H3,(H,23,26). The highest BCUT2D eigenvalue weighted by Crippen LogP contribution is 2.23. The van der Waals surface area contributed by atoms with E-state index in [0.29, 0.717) is 17.2 Å². The number of aromatic nitrogens is 4. The Kier molecular flexibility index (Phi) is 4.37. The Hall–Kier alpha value is -3.19. The second kappa shape index (κ2) is 6.97. The summed E-state index contributed by atoms with van der Waals surface area (Å²) in [6, 6.07) is 15.8. The number of para-hydroxylation sites is 1. The summed E-state index contributed by atoms with van der Waals surface area (Å²) in [4.78, 5) is 3.23. The molecule has 2 N–H and O–H groups in total. The van der Waals surface area contributed by atoms with E-state index < -0.39 is 0 Å². The molecule has 0 radical (unpaired) electrons. The van der Waals surface area contributed by atoms with Crippen molar-refractivity contribution >= 4 is 29.3 Å². The fourth-order valence-electron chi connectivity index (χ4n) is 2.80. The Balaban J connectivity index is 1.73. The van der Waals surface area contributed by atoms with Gasteiger partial charge in [-0.25, -0.2) is 5.10 Å². The molecular weight excluding hydrogens is 346 g/mol. The maximum Gasteiger partial charge on any atom is 0.216 e. The quantitative estimate of drug-likeness (QED) is 0.408. The number of nitrogens with one attached hydrogen (secondary N) is 2. The zero-order valence-electron chi connectivity index (χ0n) is 14.1. The van der Waals surface area contributed by atoms with E-state index in [1.807, 2.05) is 61.7 Å². The van der Waals surface area contributed by atoms with Crippen molar-refractivity contribution in [3.8, 4) is 17.1 Å². The summed E-state index contributed by atoms with van der Waals surface area (Å²) in [7, 11) is 0. The van der Waals surface area contributed by atoms with Crippen LogP contribution in [0.25, 0.3) is 22.3 Å². The molecule has 0 atom stereocenters. The van der Waals surface area contributed by atoms with Crippen molar-refractivity contribution in [2.45, 2.75) is 6.92 Å². The maximum atomic E-state index is 5.57. The summed E-state index contributed by atoms with van der Waals surface area (Å²) in [6.45, 7) is 2.56. The van der Waals surface area contributed by atoms with Gasteiger partial charge in [0.15, 0.2) is 5.82 Å². The molecule has 26 heavy (non-hydrogen) atoms. The van der Waals surface area contributed by atoms with Crippen LogP contribution in [0.15, 0.2) is 59.8 Å². The number of fused-ring (bicyclic) bond motifs is 1. The summed E-state index contributed by atoms with van der Waals surface area (Å²) in [5.74, 6) is 1.42. The van der Waals surface area contributed by atoms with Crippen molar-refractivity contribution in [3.05, 3.63) is 65.1 Å². The Labute approximate surface area is 155 Å². The summed E-state index contributed by atoms with van der Waals surface area (Å²) < 4.78 is 7.61. The van der Waals surface area contributed by atoms with Crippen molar-refractivity contribution in [1.82, 2.24) is 19.9 Å². The molecule has 0 spiro atoms.